The second-order valence-electron chi connectivity index (χ2n) is 6.55. The molecule has 2 heterocycles. The maximum atomic E-state index is 12.6. The van der Waals surface area contributed by atoms with E-state index in [1.165, 1.54) is 24.5 Å². The fraction of sp³-hybridized carbons (Fsp3) is 0.250. The van der Waals surface area contributed by atoms with Crippen LogP contribution in [0, 0.1) is 0 Å². The number of hydrogen-bond donors (Lipinski definition) is 1. The number of sulfone groups is 1. The zero-order valence-corrected chi connectivity index (χ0v) is 17.3. The fourth-order valence-electron chi connectivity index (χ4n) is 2.85. The predicted octanol–water partition coefficient (Wildman–Crippen LogP) is 3.35. The van der Waals surface area contributed by atoms with E-state index < -0.39 is 15.7 Å². The minimum atomic E-state index is -3.57. The van der Waals surface area contributed by atoms with Gasteiger partial charge in [0.1, 0.15) is 0 Å². The summed E-state index contributed by atoms with van der Waals surface area (Å²) in [7, 11) is 0.325. The van der Waals surface area contributed by atoms with Gasteiger partial charge >= 0.3 is 0 Å². The number of thiophene rings is 1. The first-order valence-corrected chi connectivity index (χ1v) is 11.2. The molecule has 0 saturated heterocycles. The molecule has 3 aromatic rings. The Bertz CT molecular complexity index is 1010. The molecule has 1 amide bonds. The first-order valence-electron chi connectivity index (χ1n) is 8.70. The van der Waals surface area contributed by atoms with Crippen LogP contribution < -0.4 is 5.32 Å². The van der Waals surface area contributed by atoms with Crippen LogP contribution in [0.25, 0.3) is 0 Å². The fourth-order valence-corrected chi connectivity index (χ4v) is 5.15. The number of hydrogen-bond acceptors (Lipinski definition) is 6. The van der Waals surface area contributed by atoms with Gasteiger partial charge in [-0.15, -0.1) is 11.3 Å². The number of benzene rings is 1. The van der Waals surface area contributed by atoms with Crippen molar-refractivity contribution in [3.8, 4) is 0 Å². The van der Waals surface area contributed by atoms with E-state index in [2.05, 4.69) is 5.32 Å². The second kappa shape index (κ2) is 8.72. The lowest BCUT2D eigenvalue weighted by molar-refractivity contribution is 0.0913. The third-order valence-electron chi connectivity index (χ3n) is 4.35. The Kier molecular flexibility index (Phi) is 6.33. The van der Waals surface area contributed by atoms with Crippen LogP contribution in [-0.4, -0.2) is 39.9 Å². The summed E-state index contributed by atoms with van der Waals surface area (Å²) < 4.78 is 30.5. The molecule has 1 atom stereocenters. The molecule has 0 aliphatic rings. The van der Waals surface area contributed by atoms with Gasteiger partial charge in [0.2, 0.25) is 0 Å². The summed E-state index contributed by atoms with van der Waals surface area (Å²) in [6.45, 7) is 0.387. The molecule has 1 aromatic carbocycles. The van der Waals surface area contributed by atoms with Gasteiger partial charge in [-0.3, -0.25) is 4.79 Å². The Labute approximate surface area is 168 Å². The summed E-state index contributed by atoms with van der Waals surface area (Å²) in [5, 5.41) is 4.85. The van der Waals surface area contributed by atoms with Crippen molar-refractivity contribution < 1.29 is 17.6 Å². The molecular formula is C20H22N2O4S2. The zero-order chi connectivity index (χ0) is 20.1. The molecule has 0 fully saturated rings. The van der Waals surface area contributed by atoms with Gasteiger partial charge in [-0.05, 0) is 43.7 Å². The first kappa shape index (κ1) is 20.3. The largest absolute Gasteiger partial charge is 0.459 e. The maximum Gasteiger partial charge on any atom is 0.287 e. The Morgan fingerprint density at radius 3 is 2.54 bits per heavy atom. The molecule has 0 bridgehead atoms. The molecule has 0 spiro atoms. The molecule has 0 unspecified atom stereocenters. The topological polar surface area (TPSA) is 79.6 Å². The number of amides is 1. The molecule has 28 heavy (non-hydrogen) atoms. The Hall–Kier alpha value is -2.42. The highest BCUT2D eigenvalue weighted by Gasteiger charge is 2.23. The zero-order valence-electron chi connectivity index (χ0n) is 15.7. The second-order valence-corrected chi connectivity index (χ2v) is 9.52. The molecule has 0 radical (unpaired) electrons. The SMILES string of the molecule is CN(C)[C@H](CNC(=O)c1occc1CS(=O)(=O)c1ccccc1)c1cccs1. The van der Waals surface area contributed by atoms with Crippen molar-refractivity contribution in [3.63, 3.8) is 0 Å². The van der Waals surface area contributed by atoms with Crippen molar-refractivity contribution in [3.05, 3.63) is 76.4 Å². The normalized spacial score (nSPS) is 12.8. The van der Waals surface area contributed by atoms with Crippen LogP contribution in [0.1, 0.15) is 27.0 Å². The molecule has 6 nitrogen and oxygen atoms in total. The highest BCUT2D eigenvalue weighted by atomic mass is 32.2. The quantitative estimate of drug-likeness (QED) is 0.607. The molecule has 148 valence electrons. The van der Waals surface area contributed by atoms with Crippen molar-refractivity contribution in [1.29, 1.82) is 0 Å². The van der Waals surface area contributed by atoms with Crippen molar-refractivity contribution in [2.24, 2.45) is 0 Å². The van der Waals surface area contributed by atoms with E-state index in [4.69, 9.17) is 4.42 Å². The lowest BCUT2D eigenvalue weighted by atomic mass is 10.2. The van der Waals surface area contributed by atoms with E-state index >= 15 is 0 Å². The third kappa shape index (κ3) is 4.70. The first-order chi connectivity index (χ1) is 13.4. The number of rotatable bonds is 8. The number of nitrogens with zero attached hydrogens (tertiary/aromatic N) is 1. The van der Waals surface area contributed by atoms with Gasteiger partial charge in [-0.25, -0.2) is 8.42 Å². The van der Waals surface area contributed by atoms with E-state index in [0.717, 1.165) is 4.88 Å². The van der Waals surface area contributed by atoms with Crippen molar-refractivity contribution in [2.75, 3.05) is 20.6 Å². The van der Waals surface area contributed by atoms with Gasteiger partial charge in [0.25, 0.3) is 5.91 Å². The molecular weight excluding hydrogens is 396 g/mol. The molecule has 1 N–H and O–H groups in total. The lowest BCUT2D eigenvalue weighted by Crippen LogP contribution is -2.34. The van der Waals surface area contributed by atoms with Crippen LogP contribution in [0.3, 0.4) is 0 Å². The Balaban J connectivity index is 1.72. The summed E-state index contributed by atoms with van der Waals surface area (Å²) in [4.78, 5) is 16.0. The highest BCUT2D eigenvalue weighted by Crippen LogP contribution is 2.23. The van der Waals surface area contributed by atoms with Gasteiger partial charge in [0, 0.05) is 17.0 Å². The van der Waals surface area contributed by atoms with Crippen LogP contribution in [0.15, 0.2) is 69.5 Å². The average molecular weight is 419 g/mol. The van der Waals surface area contributed by atoms with E-state index in [-0.39, 0.29) is 22.5 Å². The van der Waals surface area contributed by atoms with Gasteiger partial charge < -0.3 is 14.6 Å². The van der Waals surface area contributed by atoms with Crippen LogP contribution in [0.4, 0.5) is 0 Å². The Morgan fingerprint density at radius 2 is 1.89 bits per heavy atom. The minimum absolute atomic E-state index is 0.0235. The number of likely N-dealkylation sites (N-methyl/N-ethyl adjacent to an activating group) is 1. The highest BCUT2D eigenvalue weighted by molar-refractivity contribution is 7.90. The smallest absolute Gasteiger partial charge is 0.287 e. The van der Waals surface area contributed by atoms with Crippen LogP contribution in [0.2, 0.25) is 0 Å². The minimum Gasteiger partial charge on any atom is -0.459 e. The lowest BCUT2D eigenvalue weighted by Gasteiger charge is -2.23. The van der Waals surface area contributed by atoms with Crippen LogP contribution in [-0.2, 0) is 15.6 Å². The van der Waals surface area contributed by atoms with Crippen LogP contribution in [0.5, 0.6) is 0 Å². The summed E-state index contributed by atoms with van der Waals surface area (Å²) in [5.41, 5.74) is 0.346. The summed E-state index contributed by atoms with van der Waals surface area (Å²) in [6.07, 6.45) is 1.34. The molecule has 3 rings (SSSR count). The summed E-state index contributed by atoms with van der Waals surface area (Å²) >= 11 is 1.62. The molecule has 8 heteroatoms. The monoisotopic (exact) mass is 418 g/mol. The third-order valence-corrected chi connectivity index (χ3v) is 7.01. The molecule has 0 saturated carbocycles. The molecule has 0 aliphatic carbocycles. The average Bonchev–Trinajstić information content (AvgIpc) is 3.34. The van der Waals surface area contributed by atoms with Crippen molar-refractivity contribution in [1.82, 2.24) is 10.2 Å². The Morgan fingerprint density at radius 1 is 1.14 bits per heavy atom. The number of nitrogens with one attached hydrogen (secondary N) is 1. The number of carbonyl (C=O) groups is 1. The molecule has 2 aromatic heterocycles. The van der Waals surface area contributed by atoms with Gasteiger partial charge in [-0.1, -0.05) is 24.3 Å². The van der Waals surface area contributed by atoms with Crippen molar-refractivity contribution in [2.45, 2.75) is 16.7 Å². The van der Waals surface area contributed by atoms with Gasteiger partial charge in [0.15, 0.2) is 15.6 Å². The number of carbonyl (C=O) groups excluding carboxylic acids is 1. The van der Waals surface area contributed by atoms with Crippen LogP contribution >= 0.6 is 11.3 Å². The number of furan rings is 1. The van der Waals surface area contributed by atoms with E-state index in [0.29, 0.717) is 12.1 Å². The predicted molar refractivity (Wildman–Crippen MR) is 109 cm³/mol. The standard InChI is InChI=1S/C20H22N2O4S2/c1-22(2)17(18-9-6-12-27-18)13-21-20(23)19-15(10-11-26-19)14-28(24,25)16-7-4-3-5-8-16/h3-12,17H,13-14H2,1-2H3,(H,21,23)/t17-/m1/s1. The summed E-state index contributed by atoms with van der Waals surface area (Å²) in [5.74, 6) is -0.687. The van der Waals surface area contributed by atoms with Gasteiger partial charge in [-0.2, -0.15) is 0 Å². The molecule has 0 aliphatic heterocycles. The van der Waals surface area contributed by atoms with E-state index in [1.54, 1.807) is 29.5 Å². The maximum absolute atomic E-state index is 12.6. The van der Waals surface area contributed by atoms with E-state index in [9.17, 15) is 13.2 Å². The van der Waals surface area contributed by atoms with Gasteiger partial charge in [0.05, 0.1) is 23.0 Å². The van der Waals surface area contributed by atoms with Crippen molar-refractivity contribution >= 4 is 27.1 Å². The summed E-state index contributed by atoms with van der Waals surface area (Å²) in [6, 6.07) is 13.7. The van der Waals surface area contributed by atoms with E-state index in [1.807, 2.05) is 36.5 Å².